The van der Waals surface area contributed by atoms with Gasteiger partial charge in [-0.25, -0.2) is 18.6 Å². The molecule has 0 amide bonds. The molecule has 0 bridgehead atoms. The molecule has 88 valence electrons. The second kappa shape index (κ2) is 4.96. The quantitative estimate of drug-likeness (QED) is 0.595. The summed E-state index contributed by atoms with van der Waals surface area (Å²) in [6, 6.07) is 0. The normalized spacial score (nSPS) is 10.6. The number of halogens is 3. The van der Waals surface area contributed by atoms with E-state index in [1.165, 1.54) is 13.8 Å². The lowest BCUT2D eigenvalue weighted by Gasteiger charge is -2.10. The van der Waals surface area contributed by atoms with Crippen LogP contribution in [0.15, 0.2) is 6.20 Å². The number of ether oxygens (including phenoxy) is 1. The summed E-state index contributed by atoms with van der Waals surface area (Å²) in [4.78, 5) is 14.5. The van der Waals surface area contributed by atoms with Crippen LogP contribution >= 0.6 is 0 Å². The summed E-state index contributed by atoms with van der Waals surface area (Å²) in [5.74, 6) is -2.31. The van der Waals surface area contributed by atoms with Gasteiger partial charge in [0.05, 0.1) is 17.7 Å². The highest BCUT2D eigenvalue weighted by atomic mass is 19.3. The topological polar surface area (TPSA) is 39.2 Å². The fraction of sp³-hybridized carbons (Fsp3) is 0.400. The molecule has 0 aliphatic rings. The molecule has 3 nitrogen and oxygen atoms in total. The molecule has 1 heterocycles. The van der Waals surface area contributed by atoms with Crippen LogP contribution in [0.1, 0.15) is 34.8 Å². The summed E-state index contributed by atoms with van der Waals surface area (Å²) in [7, 11) is 0. The lowest BCUT2D eigenvalue weighted by molar-refractivity contribution is 0.0511. The van der Waals surface area contributed by atoms with Crippen LogP contribution in [0, 0.1) is 12.9 Å². The van der Waals surface area contributed by atoms with E-state index < -0.39 is 29.5 Å². The van der Waals surface area contributed by atoms with Gasteiger partial charge in [-0.15, -0.1) is 0 Å². The van der Waals surface area contributed by atoms with Crippen LogP contribution in [0.3, 0.4) is 0 Å². The van der Waals surface area contributed by atoms with Crippen molar-refractivity contribution in [1.29, 1.82) is 0 Å². The SMILES string of the molecule is CCOC(=O)c1c(C)cnc(F)c1C(F)F. The van der Waals surface area contributed by atoms with Gasteiger partial charge in [-0.05, 0) is 19.4 Å². The van der Waals surface area contributed by atoms with Crippen LogP contribution < -0.4 is 0 Å². The molecule has 1 aromatic heterocycles. The number of carbonyl (C=O) groups excluding carboxylic acids is 1. The number of nitrogens with zero attached hydrogens (tertiary/aromatic N) is 1. The highest BCUT2D eigenvalue weighted by Gasteiger charge is 2.26. The van der Waals surface area contributed by atoms with Crippen LogP contribution in [0.25, 0.3) is 0 Å². The Morgan fingerprint density at radius 3 is 2.69 bits per heavy atom. The summed E-state index contributed by atoms with van der Waals surface area (Å²) in [6.45, 7) is 2.96. The Bertz CT molecular complexity index is 407. The number of aromatic nitrogens is 1. The highest BCUT2D eigenvalue weighted by molar-refractivity contribution is 5.92. The molecule has 6 heteroatoms. The van der Waals surface area contributed by atoms with Crippen molar-refractivity contribution >= 4 is 5.97 Å². The fourth-order valence-electron chi connectivity index (χ4n) is 1.28. The average Bonchev–Trinajstić information content (AvgIpc) is 2.20. The highest BCUT2D eigenvalue weighted by Crippen LogP contribution is 2.27. The number of pyridine rings is 1. The van der Waals surface area contributed by atoms with Gasteiger partial charge >= 0.3 is 5.97 Å². The summed E-state index contributed by atoms with van der Waals surface area (Å²) in [6.07, 6.45) is -2.08. The molecule has 0 fully saturated rings. The monoisotopic (exact) mass is 233 g/mol. The van der Waals surface area contributed by atoms with E-state index in [2.05, 4.69) is 9.72 Å². The predicted octanol–water partition coefficient (Wildman–Crippen LogP) is 2.64. The first kappa shape index (κ1) is 12.5. The number of alkyl halides is 2. The molecule has 0 atom stereocenters. The van der Waals surface area contributed by atoms with E-state index in [1.54, 1.807) is 0 Å². The van der Waals surface area contributed by atoms with Gasteiger partial charge in [0.2, 0.25) is 5.95 Å². The molecule has 1 aromatic rings. The van der Waals surface area contributed by atoms with Gasteiger partial charge < -0.3 is 4.74 Å². The van der Waals surface area contributed by atoms with E-state index in [-0.39, 0.29) is 12.2 Å². The van der Waals surface area contributed by atoms with Gasteiger partial charge in [0.25, 0.3) is 6.43 Å². The van der Waals surface area contributed by atoms with Crippen LogP contribution in [0.2, 0.25) is 0 Å². The minimum atomic E-state index is -3.10. The van der Waals surface area contributed by atoms with Crippen molar-refractivity contribution < 1.29 is 22.7 Å². The van der Waals surface area contributed by atoms with Gasteiger partial charge in [0.1, 0.15) is 0 Å². The lowest BCUT2D eigenvalue weighted by atomic mass is 10.1. The van der Waals surface area contributed by atoms with E-state index >= 15 is 0 Å². The molecule has 0 saturated heterocycles. The average molecular weight is 233 g/mol. The Morgan fingerprint density at radius 1 is 1.56 bits per heavy atom. The molecule has 0 aromatic carbocycles. The third kappa shape index (κ3) is 2.32. The summed E-state index contributed by atoms with van der Waals surface area (Å²) < 4.78 is 42.8. The van der Waals surface area contributed by atoms with Crippen LogP contribution in [0.5, 0.6) is 0 Å². The number of rotatable bonds is 3. The van der Waals surface area contributed by atoms with E-state index in [1.807, 2.05) is 0 Å². The third-order valence-electron chi connectivity index (χ3n) is 1.96. The maximum absolute atomic E-state index is 13.1. The van der Waals surface area contributed by atoms with E-state index in [9.17, 15) is 18.0 Å². The number of hydrogen-bond acceptors (Lipinski definition) is 3. The fourth-order valence-corrected chi connectivity index (χ4v) is 1.28. The van der Waals surface area contributed by atoms with Gasteiger partial charge in [0, 0.05) is 6.20 Å². The molecule has 0 aliphatic heterocycles. The Labute approximate surface area is 90.2 Å². The number of esters is 1. The third-order valence-corrected chi connectivity index (χ3v) is 1.96. The first-order chi connectivity index (χ1) is 7.49. The predicted molar refractivity (Wildman–Crippen MR) is 49.8 cm³/mol. The Balaban J connectivity index is 3.34. The zero-order valence-corrected chi connectivity index (χ0v) is 8.76. The standard InChI is InChI=1S/C10H10F3NO2/c1-3-16-10(15)6-5(2)4-14-9(13)7(6)8(11)12/h4,8H,3H2,1-2H3. The van der Waals surface area contributed by atoms with Crippen molar-refractivity contribution in [2.24, 2.45) is 0 Å². The molecule has 0 N–H and O–H groups in total. The van der Waals surface area contributed by atoms with Crippen LogP contribution in [0.4, 0.5) is 13.2 Å². The number of carbonyl (C=O) groups is 1. The summed E-state index contributed by atoms with van der Waals surface area (Å²) in [5, 5.41) is 0. The van der Waals surface area contributed by atoms with E-state index in [4.69, 9.17) is 0 Å². The zero-order valence-electron chi connectivity index (χ0n) is 8.76. The van der Waals surface area contributed by atoms with Crippen LogP contribution in [-0.2, 0) is 4.74 Å². The first-order valence-corrected chi connectivity index (χ1v) is 4.59. The zero-order chi connectivity index (χ0) is 12.3. The molecular weight excluding hydrogens is 223 g/mol. The second-order valence-electron chi connectivity index (χ2n) is 3.04. The first-order valence-electron chi connectivity index (χ1n) is 4.59. The van der Waals surface area contributed by atoms with E-state index in [0.29, 0.717) is 0 Å². The van der Waals surface area contributed by atoms with Gasteiger partial charge in [-0.1, -0.05) is 0 Å². The number of hydrogen-bond donors (Lipinski definition) is 0. The minimum Gasteiger partial charge on any atom is -0.462 e. The molecule has 16 heavy (non-hydrogen) atoms. The molecule has 0 saturated carbocycles. The van der Waals surface area contributed by atoms with Gasteiger partial charge in [0.15, 0.2) is 0 Å². The molecule has 0 radical (unpaired) electrons. The second-order valence-corrected chi connectivity index (χ2v) is 3.04. The van der Waals surface area contributed by atoms with Crippen molar-refractivity contribution in [1.82, 2.24) is 4.98 Å². The molecule has 0 aliphatic carbocycles. The van der Waals surface area contributed by atoms with Gasteiger partial charge in [-0.3, -0.25) is 0 Å². The van der Waals surface area contributed by atoms with Crippen LogP contribution in [-0.4, -0.2) is 17.6 Å². The van der Waals surface area contributed by atoms with Crippen molar-refractivity contribution in [2.45, 2.75) is 20.3 Å². The number of aryl methyl sites for hydroxylation is 1. The molecule has 0 unspecified atom stereocenters. The lowest BCUT2D eigenvalue weighted by Crippen LogP contribution is -2.13. The van der Waals surface area contributed by atoms with E-state index in [0.717, 1.165) is 6.20 Å². The molecule has 0 spiro atoms. The van der Waals surface area contributed by atoms with Crippen molar-refractivity contribution in [3.8, 4) is 0 Å². The molecule has 1 rings (SSSR count). The summed E-state index contributed by atoms with van der Waals surface area (Å²) in [5.41, 5.74) is -1.28. The van der Waals surface area contributed by atoms with Crippen molar-refractivity contribution in [2.75, 3.05) is 6.61 Å². The van der Waals surface area contributed by atoms with Gasteiger partial charge in [-0.2, -0.15) is 4.39 Å². The Morgan fingerprint density at radius 2 is 2.19 bits per heavy atom. The molecular formula is C10H10F3NO2. The largest absolute Gasteiger partial charge is 0.462 e. The minimum absolute atomic E-state index is 0.0326. The van der Waals surface area contributed by atoms with Crippen molar-refractivity contribution in [3.63, 3.8) is 0 Å². The van der Waals surface area contributed by atoms with Crippen molar-refractivity contribution in [3.05, 3.63) is 28.8 Å². The maximum atomic E-state index is 13.1. The Kier molecular flexibility index (Phi) is 3.87. The Hall–Kier alpha value is -1.59. The smallest absolute Gasteiger partial charge is 0.339 e. The maximum Gasteiger partial charge on any atom is 0.339 e. The summed E-state index contributed by atoms with van der Waals surface area (Å²) >= 11 is 0.